The van der Waals surface area contributed by atoms with E-state index in [2.05, 4.69) is 53.4 Å². The maximum absolute atomic E-state index is 11.8. The van der Waals surface area contributed by atoms with Gasteiger partial charge in [-0.15, -0.1) is 11.3 Å². The van der Waals surface area contributed by atoms with Crippen LogP contribution in [0.25, 0.3) is 0 Å². The molecule has 2 N–H and O–H groups in total. The van der Waals surface area contributed by atoms with Crippen molar-refractivity contribution in [2.45, 2.75) is 39.8 Å². The number of aryl methyl sites for hydroxylation is 1. The lowest BCUT2D eigenvalue weighted by atomic mass is 10.0. The Balaban J connectivity index is 2.58. The zero-order chi connectivity index (χ0) is 13.7. The van der Waals surface area contributed by atoms with E-state index in [0.29, 0.717) is 5.92 Å². The van der Waals surface area contributed by atoms with Crippen molar-refractivity contribution in [3.63, 3.8) is 0 Å². The molecule has 1 unspecified atom stereocenters. The summed E-state index contributed by atoms with van der Waals surface area (Å²) in [6, 6.07) is 2.00. The third-order valence-electron chi connectivity index (χ3n) is 2.70. The van der Waals surface area contributed by atoms with Crippen LogP contribution in [0.1, 0.15) is 30.0 Å². The molecule has 0 aliphatic rings. The maximum Gasteiger partial charge on any atom is 0.236 e. The van der Waals surface area contributed by atoms with Gasteiger partial charge in [-0.05, 0) is 41.3 Å². The highest BCUT2D eigenvalue weighted by atomic mass is 79.9. The topological polar surface area (TPSA) is 41.1 Å². The SMILES string of the molecule is CNC(=O)C(CC(C)C)NCc1cc(Br)c(C)s1. The molecule has 1 amide bonds. The molecule has 1 aromatic rings. The highest BCUT2D eigenvalue weighted by Gasteiger charge is 2.18. The van der Waals surface area contributed by atoms with Gasteiger partial charge < -0.3 is 10.6 Å². The van der Waals surface area contributed by atoms with Crippen molar-refractivity contribution in [1.29, 1.82) is 0 Å². The zero-order valence-electron chi connectivity index (χ0n) is 11.3. The second-order valence-electron chi connectivity index (χ2n) is 4.79. The van der Waals surface area contributed by atoms with Gasteiger partial charge in [-0.1, -0.05) is 13.8 Å². The molecule has 18 heavy (non-hydrogen) atoms. The summed E-state index contributed by atoms with van der Waals surface area (Å²) in [4.78, 5) is 14.3. The van der Waals surface area contributed by atoms with Crippen LogP contribution in [-0.4, -0.2) is 19.0 Å². The predicted octanol–water partition coefficient (Wildman–Crippen LogP) is 3.07. The van der Waals surface area contributed by atoms with Crippen molar-refractivity contribution in [1.82, 2.24) is 10.6 Å². The Hall–Kier alpha value is -0.390. The van der Waals surface area contributed by atoms with Gasteiger partial charge in [0.15, 0.2) is 0 Å². The van der Waals surface area contributed by atoms with Crippen LogP contribution < -0.4 is 10.6 Å². The number of rotatable bonds is 6. The molecule has 0 saturated heterocycles. The Bertz CT molecular complexity index is 384. The quantitative estimate of drug-likeness (QED) is 0.840. The number of thiophene rings is 1. The minimum atomic E-state index is -0.115. The van der Waals surface area contributed by atoms with Crippen LogP contribution in [-0.2, 0) is 11.3 Å². The molecular formula is C13H21BrN2OS. The van der Waals surface area contributed by atoms with Crippen LogP contribution in [0.2, 0.25) is 0 Å². The fourth-order valence-electron chi connectivity index (χ4n) is 1.76. The van der Waals surface area contributed by atoms with E-state index in [1.165, 1.54) is 9.75 Å². The Morgan fingerprint density at radius 3 is 2.61 bits per heavy atom. The Morgan fingerprint density at radius 1 is 1.50 bits per heavy atom. The molecule has 102 valence electrons. The first kappa shape index (κ1) is 15.7. The van der Waals surface area contributed by atoms with Gasteiger partial charge in [0.1, 0.15) is 0 Å². The molecule has 0 saturated carbocycles. The van der Waals surface area contributed by atoms with Gasteiger partial charge in [0.05, 0.1) is 6.04 Å². The lowest BCUT2D eigenvalue weighted by Gasteiger charge is -2.18. The number of hydrogen-bond acceptors (Lipinski definition) is 3. The van der Waals surface area contributed by atoms with Gasteiger partial charge in [-0.3, -0.25) is 4.79 Å². The molecule has 0 spiro atoms. The average molecular weight is 333 g/mol. The number of nitrogens with one attached hydrogen (secondary N) is 2. The van der Waals surface area contributed by atoms with Crippen LogP contribution in [0.5, 0.6) is 0 Å². The van der Waals surface area contributed by atoms with Gasteiger partial charge in [0, 0.05) is 27.8 Å². The molecule has 1 aromatic heterocycles. The van der Waals surface area contributed by atoms with E-state index in [0.717, 1.165) is 17.4 Å². The summed E-state index contributed by atoms with van der Waals surface area (Å²) in [5.41, 5.74) is 0. The lowest BCUT2D eigenvalue weighted by molar-refractivity contribution is -0.123. The van der Waals surface area contributed by atoms with Crippen molar-refractivity contribution in [3.05, 3.63) is 20.3 Å². The smallest absolute Gasteiger partial charge is 0.236 e. The molecule has 1 atom stereocenters. The third-order valence-corrected chi connectivity index (χ3v) is 4.84. The van der Waals surface area contributed by atoms with Crippen LogP contribution in [0.15, 0.2) is 10.5 Å². The van der Waals surface area contributed by atoms with E-state index in [1.807, 2.05) is 0 Å². The molecule has 0 bridgehead atoms. The summed E-state index contributed by atoms with van der Waals surface area (Å²) in [6.07, 6.45) is 0.852. The van der Waals surface area contributed by atoms with Gasteiger partial charge in [0.25, 0.3) is 0 Å². The van der Waals surface area contributed by atoms with Crippen molar-refractivity contribution in [2.24, 2.45) is 5.92 Å². The van der Waals surface area contributed by atoms with E-state index < -0.39 is 0 Å². The average Bonchev–Trinajstić information content (AvgIpc) is 2.62. The summed E-state index contributed by atoms with van der Waals surface area (Å²) < 4.78 is 1.14. The summed E-state index contributed by atoms with van der Waals surface area (Å²) in [7, 11) is 1.68. The fraction of sp³-hybridized carbons (Fsp3) is 0.615. The number of amides is 1. The number of likely N-dealkylation sites (N-methyl/N-ethyl adjacent to an activating group) is 1. The Morgan fingerprint density at radius 2 is 2.17 bits per heavy atom. The molecule has 3 nitrogen and oxygen atoms in total. The minimum absolute atomic E-state index is 0.0658. The predicted molar refractivity (Wildman–Crippen MR) is 80.9 cm³/mol. The third kappa shape index (κ3) is 4.71. The van der Waals surface area contributed by atoms with Crippen LogP contribution >= 0.6 is 27.3 Å². The largest absolute Gasteiger partial charge is 0.358 e. The summed E-state index contributed by atoms with van der Waals surface area (Å²) in [5.74, 6) is 0.563. The monoisotopic (exact) mass is 332 g/mol. The molecule has 0 fully saturated rings. The van der Waals surface area contributed by atoms with Crippen molar-refractivity contribution >= 4 is 33.2 Å². The van der Waals surface area contributed by atoms with Gasteiger partial charge in [-0.25, -0.2) is 0 Å². The van der Waals surface area contributed by atoms with Crippen molar-refractivity contribution in [3.8, 4) is 0 Å². The van der Waals surface area contributed by atoms with Crippen LogP contribution in [0.4, 0.5) is 0 Å². The van der Waals surface area contributed by atoms with Gasteiger partial charge in [-0.2, -0.15) is 0 Å². The maximum atomic E-state index is 11.8. The van der Waals surface area contributed by atoms with E-state index in [1.54, 1.807) is 18.4 Å². The molecule has 0 aromatic carbocycles. The second-order valence-corrected chi connectivity index (χ2v) is 6.99. The van der Waals surface area contributed by atoms with Crippen molar-refractivity contribution < 1.29 is 4.79 Å². The lowest BCUT2D eigenvalue weighted by Crippen LogP contribution is -2.43. The first-order valence-corrected chi connectivity index (χ1v) is 7.74. The first-order chi connectivity index (χ1) is 8.43. The van der Waals surface area contributed by atoms with E-state index in [4.69, 9.17) is 0 Å². The Labute approximate surface area is 121 Å². The number of halogens is 1. The first-order valence-electron chi connectivity index (χ1n) is 6.13. The fourth-order valence-corrected chi connectivity index (χ4v) is 3.31. The van der Waals surface area contributed by atoms with Crippen molar-refractivity contribution in [2.75, 3.05) is 7.05 Å². The van der Waals surface area contributed by atoms with E-state index in [9.17, 15) is 4.79 Å². The molecule has 1 heterocycles. The highest BCUT2D eigenvalue weighted by Crippen LogP contribution is 2.26. The summed E-state index contributed by atoms with van der Waals surface area (Å²) in [6.45, 7) is 7.08. The molecule has 0 aliphatic heterocycles. The Kier molecular flexibility index (Phi) is 6.32. The number of carbonyl (C=O) groups is 1. The molecular weight excluding hydrogens is 312 g/mol. The van der Waals surface area contributed by atoms with Gasteiger partial charge in [0.2, 0.25) is 5.91 Å². The van der Waals surface area contributed by atoms with E-state index in [-0.39, 0.29) is 11.9 Å². The standard InChI is InChI=1S/C13H21BrN2OS/c1-8(2)5-12(13(17)15-4)16-7-10-6-11(14)9(3)18-10/h6,8,12,16H,5,7H2,1-4H3,(H,15,17). The highest BCUT2D eigenvalue weighted by molar-refractivity contribution is 9.10. The number of hydrogen-bond donors (Lipinski definition) is 2. The minimum Gasteiger partial charge on any atom is -0.358 e. The van der Waals surface area contributed by atoms with Crippen LogP contribution in [0, 0.1) is 12.8 Å². The molecule has 5 heteroatoms. The van der Waals surface area contributed by atoms with Gasteiger partial charge >= 0.3 is 0 Å². The molecule has 0 radical (unpaired) electrons. The molecule has 1 rings (SSSR count). The number of carbonyl (C=O) groups excluding carboxylic acids is 1. The second kappa shape index (κ2) is 7.26. The summed E-state index contributed by atoms with van der Waals surface area (Å²) in [5, 5.41) is 6.05. The normalized spacial score (nSPS) is 12.8. The van der Waals surface area contributed by atoms with E-state index >= 15 is 0 Å². The van der Waals surface area contributed by atoms with Crippen LogP contribution in [0.3, 0.4) is 0 Å². The summed E-state index contributed by atoms with van der Waals surface area (Å²) >= 11 is 5.26. The molecule has 0 aliphatic carbocycles. The zero-order valence-corrected chi connectivity index (χ0v) is 13.7.